The number of piperidine rings is 1. The van der Waals surface area contributed by atoms with E-state index in [1.54, 1.807) is 0 Å². The lowest BCUT2D eigenvalue weighted by molar-refractivity contribution is -0.137. The topological polar surface area (TPSA) is 32.3 Å². The van der Waals surface area contributed by atoms with Crippen LogP contribution in [0, 0.1) is 5.92 Å². The van der Waals surface area contributed by atoms with Crippen molar-refractivity contribution in [1.82, 2.24) is 10.2 Å². The third-order valence-corrected chi connectivity index (χ3v) is 4.60. The summed E-state index contributed by atoms with van der Waals surface area (Å²) in [5.74, 6) is 0.762. The smallest absolute Gasteiger partial charge is 0.225 e. The molecule has 112 valence electrons. The fraction of sp³-hybridized carbons (Fsp3) is 0.933. The number of rotatable bonds is 2. The SMILES string of the molecule is CNC1CCCN(C(=O)C2CCCCCCC2)C1.Cl. The highest BCUT2D eigenvalue weighted by atomic mass is 35.5. The van der Waals surface area contributed by atoms with Gasteiger partial charge < -0.3 is 10.2 Å². The number of likely N-dealkylation sites (N-methyl/N-ethyl adjacent to an activating group) is 1. The van der Waals surface area contributed by atoms with E-state index >= 15 is 0 Å². The standard InChI is InChI=1S/C15H28N2O.ClH/c1-16-14-10-7-11-17(12-14)15(18)13-8-5-3-2-4-6-9-13;/h13-14,16H,2-12H2,1H3;1H. The molecule has 4 heteroatoms. The second kappa shape index (κ2) is 8.80. The van der Waals surface area contributed by atoms with Crippen molar-refractivity contribution in [1.29, 1.82) is 0 Å². The van der Waals surface area contributed by atoms with Gasteiger partial charge in [0.15, 0.2) is 0 Å². The van der Waals surface area contributed by atoms with Crippen LogP contribution >= 0.6 is 12.4 Å². The zero-order chi connectivity index (χ0) is 12.8. The highest BCUT2D eigenvalue weighted by Crippen LogP contribution is 2.25. The summed E-state index contributed by atoms with van der Waals surface area (Å²) in [5, 5.41) is 3.32. The average molecular weight is 289 g/mol. The quantitative estimate of drug-likeness (QED) is 0.847. The van der Waals surface area contributed by atoms with E-state index in [4.69, 9.17) is 0 Å². The third-order valence-electron chi connectivity index (χ3n) is 4.60. The molecule has 1 aliphatic heterocycles. The van der Waals surface area contributed by atoms with Crippen LogP contribution in [0.3, 0.4) is 0 Å². The minimum Gasteiger partial charge on any atom is -0.341 e. The van der Waals surface area contributed by atoms with Gasteiger partial charge in [-0.3, -0.25) is 4.79 Å². The van der Waals surface area contributed by atoms with Crippen molar-refractivity contribution in [2.75, 3.05) is 20.1 Å². The first kappa shape index (κ1) is 16.8. The maximum Gasteiger partial charge on any atom is 0.225 e. The van der Waals surface area contributed by atoms with Crippen molar-refractivity contribution >= 4 is 18.3 Å². The molecule has 1 saturated heterocycles. The van der Waals surface area contributed by atoms with Gasteiger partial charge >= 0.3 is 0 Å². The molecular formula is C15H29ClN2O. The van der Waals surface area contributed by atoms with Crippen molar-refractivity contribution < 1.29 is 4.79 Å². The molecule has 0 bridgehead atoms. The summed E-state index contributed by atoms with van der Waals surface area (Å²) in [6, 6.07) is 0.510. The maximum absolute atomic E-state index is 12.6. The van der Waals surface area contributed by atoms with E-state index in [1.165, 1.54) is 38.5 Å². The lowest BCUT2D eigenvalue weighted by Gasteiger charge is -2.35. The van der Waals surface area contributed by atoms with Crippen LogP contribution in [-0.4, -0.2) is 37.0 Å². The minimum atomic E-state index is 0. The van der Waals surface area contributed by atoms with Crippen molar-refractivity contribution in [3.8, 4) is 0 Å². The van der Waals surface area contributed by atoms with Crippen LogP contribution in [0.5, 0.6) is 0 Å². The van der Waals surface area contributed by atoms with Gasteiger partial charge in [0.25, 0.3) is 0 Å². The molecule has 3 nitrogen and oxygen atoms in total. The van der Waals surface area contributed by atoms with Crippen LogP contribution in [0.2, 0.25) is 0 Å². The number of halogens is 1. The molecule has 0 aromatic rings. The second-order valence-corrected chi connectivity index (χ2v) is 5.95. The van der Waals surface area contributed by atoms with E-state index in [1.807, 2.05) is 7.05 Å². The van der Waals surface area contributed by atoms with Gasteiger partial charge in [-0.1, -0.05) is 32.1 Å². The Morgan fingerprint density at radius 3 is 2.26 bits per heavy atom. The Morgan fingerprint density at radius 2 is 1.63 bits per heavy atom. The van der Waals surface area contributed by atoms with Crippen LogP contribution in [0.1, 0.15) is 57.8 Å². The van der Waals surface area contributed by atoms with Crippen molar-refractivity contribution in [2.45, 2.75) is 63.8 Å². The number of nitrogens with one attached hydrogen (secondary N) is 1. The summed E-state index contributed by atoms with van der Waals surface area (Å²) < 4.78 is 0. The molecule has 1 N–H and O–H groups in total. The van der Waals surface area contributed by atoms with E-state index < -0.39 is 0 Å². The fourth-order valence-electron chi connectivity index (χ4n) is 3.37. The molecule has 1 heterocycles. The van der Waals surface area contributed by atoms with Crippen molar-refractivity contribution in [3.05, 3.63) is 0 Å². The number of likely N-dealkylation sites (tertiary alicyclic amines) is 1. The van der Waals surface area contributed by atoms with Crippen LogP contribution in [0.25, 0.3) is 0 Å². The highest BCUT2D eigenvalue weighted by molar-refractivity contribution is 5.85. The summed E-state index contributed by atoms with van der Waals surface area (Å²) in [7, 11) is 2.01. The van der Waals surface area contributed by atoms with Gasteiger partial charge in [-0.2, -0.15) is 0 Å². The molecule has 2 rings (SSSR count). The van der Waals surface area contributed by atoms with Gasteiger partial charge in [0.05, 0.1) is 0 Å². The minimum absolute atomic E-state index is 0. The molecule has 1 saturated carbocycles. The van der Waals surface area contributed by atoms with Crippen molar-refractivity contribution in [2.24, 2.45) is 5.92 Å². The first-order valence-electron chi connectivity index (χ1n) is 7.77. The zero-order valence-corrected chi connectivity index (χ0v) is 13.0. The summed E-state index contributed by atoms with van der Waals surface area (Å²) in [6.45, 7) is 1.90. The molecule has 0 aromatic heterocycles. The van der Waals surface area contributed by atoms with Crippen LogP contribution < -0.4 is 5.32 Å². The number of hydrogen-bond donors (Lipinski definition) is 1. The van der Waals surface area contributed by atoms with Gasteiger partial charge in [0, 0.05) is 25.0 Å². The largest absolute Gasteiger partial charge is 0.341 e. The molecule has 0 radical (unpaired) electrons. The summed E-state index contributed by atoms with van der Waals surface area (Å²) in [6.07, 6.45) is 11.1. The van der Waals surface area contributed by atoms with Gasteiger partial charge in [-0.25, -0.2) is 0 Å². The lowest BCUT2D eigenvalue weighted by atomic mass is 9.89. The summed E-state index contributed by atoms with van der Waals surface area (Å²) in [5.41, 5.74) is 0. The maximum atomic E-state index is 12.6. The normalized spacial score (nSPS) is 26.2. The van der Waals surface area contributed by atoms with Gasteiger partial charge in [-0.05, 0) is 32.7 Å². The molecule has 1 unspecified atom stereocenters. The molecule has 2 fully saturated rings. The second-order valence-electron chi connectivity index (χ2n) is 5.95. The Hall–Kier alpha value is -0.280. The van der Waals surface area contributed by atoms with Gasteiger partial charge in [0.1, 0.15) is 0 Å². The third kappa shape index (κ3) is 4.96. The number of carbonyl (C=O) groups excluding carboxylic acids is 1. The number of amides is 1. The molecule has 1 aliphatic carbocycles. The Bertz CT molecular complexity index is 261. The van der Waals surface area contributed by atoms with Crippen molar-refractivity contribution in [3.63, 3.8) is 0 Å². The highest BCUT2D eigenvalue weighted by Gasteiger charge is 2.28. The number of carbonyl (C=O) groups is 1. The summed E-state index contributed by atoms with van der Waals surface area (Å²) in [4.78, 5) is 14.7. The molecule has 1 atom stereocenters. The zero-order valence-electron chi connectivity index (χ0n) is 12.2. The number of nitrogens with zero attached hydrogens (tertiary/aromatic N) is 1. The van der Waals surface area contributed by atoms with Crippen LogP contribution in [-0.2, 0) is 4.79 Å². The fourth-order valence-corrected chi connectivity index (χ4v) is 3.37. The Morgan fingerprint density at radius 1 is 1.00 bits per heavy atom. The molecule has 19 heavy (non-hydrogen) atoms. The molecule has 0 spiro atoms. The Labute approximate surface area is 123 Å². The number of hydrogen-bond acceptors (Lipinski definition) is 2. The first-order chi connectivity index (χ1) is 8.81. The van der Waals surface area contributed by atoms with Crippen LogP contribution in [0.4, 0.5) is 0 Å². The first-order valence-corrected chi connectivity index (χ1v) is 7.77. The Kier molecular flexibility index (Phi) is 7.77. The van der Waals surface area contributed by atoms with E-state index in [9.17, 15) is 4.79 Å². The van der Waals surface area contributed by atoms with E-state index in [2.05, 4.69) is 10.2 Å². The predicted octanol–water partition coefficient (Wildman–Crippen LogP) is 2.98. The lowest BCUT2D eigenvalue weighted by Crippen LogP contribution is -2.48. The van der Waals surface area contributed by atoms with Gasteiger partial charge in [-0.15, -0.1) is 12.4 Å². The van der Waals surface area contributed by atoms with Gasteiger partial charge in [0.2, 0.25) is 5.91 Å². The molecular weight excluding hydrogens is 260 g/mol. The summed E-state index contributed by atoms with van der Waals surface area (Å²) >= 11 is 0. The van der Waals surface area contributed by atoms with E-state index in [0.29, 0.717) is 17.9 Å². The van der Waals surface area contributed by atoms with Crippen LogP contribution in [0.15, 0.2) is 0 Å². The average Bonchev–Trinajstić information content (AvgIpc) is 2.38. The molecule has 1 amide bonds. The molecule has 2 aliphatic rings. The Balaban J connectivity index is 0.00000180. The predicted molar refractivity (Wildman–Crippen MR) is 81.7 cm³/mol. The molecule has 0 aromatic carbocycles. The van der Waals surface area contributed by atoms with E-state index in [-0.39, 0.29) is 12.4 Å². The monoisotopic (exact) mass is 288 g/mol. The van der Waals surface area contributed by atoms with E-state index in [0.717, 1.165) is 32.4 Å².